The molecule has 0 spiro atoms. The fourth-order valence-electron chi connectivity index (χ4n) is 3.53. The Labute approximate surface area is 193 Å². The third kappa shape index (κ3) is 5.88. The van der Waals surface area contributed by atoms with Gasteiger partial charge in [-0.2, -0.15) is 10.2 Å². The van der Waals surface area contributed by atoms with Crippen LogP contribution in [0.2, 0.25) is 0 Å². The molecule has 4 rings (SSSR count). The molecule has 32 heavy (non-hydrogen) atoms. The first kappa shape index (κ1) is 22.3. The summed E-state index contributed by atoms with van der Waals surface area (Å²) in [7, 11) is 0. The van der Waals surface area contributed by atoms with Gasteiger partial charge in [-0.1, -0.05) is 49.4 Å². The lowest BCUT2D eigenvalue weighted by Gasteiger charge is -2.26. The maximum Gasteiger partial charge on any atom is 0.317 e. The number of nitrogens with one attached hydrogen (secondary N) is 1. The molecular formula is C24H27N5O2S. The fraction of sp³-hybridized carbons (Fsp3) is 0.375. The van der Waals surface area contributed by atoms with Gasteiger partial charge in [-0.25, -0.2) is 4.98 Å². The topological polar surface area (TPSA) is 83.3 Å². The highest BCUT2D eigenvalue weighted by molar-refractivity contribution is 8.06. The highest BCUT2D eigenvalue weighted by atomic mass is 32.2. The molecule has 0 saturated carbocycles. The van der Waals surface area contributed by atoms with Crippen molar-refractivity contribution in [3.05, 3.63) is 69.5 Å². The summed E-state index contributed by atoms with van der Waals surface area (Å²) in [5.74, 6) is 0. The predicted octanol–water partition coefficient (Wildman–Crippen LogP) is 4.06. The summed E-state index contributed by atoms with van der Waals surface area (Å²) in [6.45, 7) is 7.00. The second kappa shape index (κ2) is 11.1. The Bertz CT molecular complexity index is 1020. The minimum Gasteiger partial charge on any atom is -0.459 e. The van der Waals surface area contributed by atoms with Gasteiger partial charge in [0.05, 0.1) is 23.9 Å². The van der Waals surface area contributed by atoms with Crippen molar-refractivity contribution in [3.63, 3.8) is 0 Å². The molecule has 0 unspecified atom stereocenters. The zero-order valence-corrected chi connectivity index (χ0v) is 19.0. The van der Waals surface area contributed by atoms with E-state index >= 15 is 0 Å². The number of benzene rings is 1. The molecule has 2 aliphatic rings. The zero-order chi connectivity index (χ0) is 22.2. The van der Waals surface area contributed by atoms with Crippen LogP contribution >= 0.6 is 11.8 Å². The van der Waals surface area contributed by atoms with Crippen LogP contribution < -0.4 is 10.1 Å². The van der Waals surface area contributed by atoms with Crippen LogP contribution in [-0.2, 0) is 17.9 Å². The number of nitriles is 1. The van der Waals surface area contributed by atoms with Crippen molar-refractivity contribution < 1.29 is 9.47 Å². The van der Waals surface area contributed by atoms with Crippen LogP contribution in [-0.4, -0.2) is 41.2 Å². The molecule has 0 amide bonds. The summed E-state index contributed by atoms with van der Waals surface area (Å²) >= 11 is 1.52. The molecule has 0 aliphatic carbocycles. The average Bonchev–Trinajstić information content (AvgIpc) is 3.28. The summed E-state index contributed by atoms with van der Waals surface area (Å²) in [5, 5.41) is 15.9. The molecule has 166 valence electrons. The van der Waals surface area contributed by atoms with Gasteiger partial charge >= 0.3 is 6.01 Å². The zero-order valence-electron chi connectivity index (χ0n) is 18.2. The number of thioether (sulfide) groups is 1. The minimum absolute atomic E-state index is 0.262. The molecule has 1 N–H and O–H groups in total. The van der Waals surface area contributed by atoms with Gasteiger partial charge in [0.25, 0.3) is 0 Å². The molecule has 0 atom stereocenters. The number of rotatable bonds is 8. The van der Waals surface area contributed by atoms with E-state index in [0.717, 1.165) is 62.0 Å². The summed E-state index contributed by atoms with van der Waals surface area (Å²) in [5.41, 5.74) is 4.50. The van der Waals surface area contributed by atoms with E-state index in [2.05, 4.69) is 62.9 Å². The number of morpholine rings is 1. The first-order valence-electron chi connectivity index (χ1n) is 10.9. The Hall–Kier alpha value is -2.86. The number of nitrogens with zero attached hydrogens (tertiary/aromatic N) is 4. The van der Waals surface area contributed by atoms with E-state index in [1.54, 1.807) is 12.3 Å². The Kier molecular flexibility index (Phi) is 7.77. The molecule has 1 fully saturated rings. The van der Waals surface area contributed by atoms with E-state index < -0.39 is 0 Å². The highest BCUT2D eigenvalue weighted by Crippen LogP contribution is 2.32. The van der Waals surface area contributed by atoms with E-state index in [1.807, 2.05) is 0 Å². The van der Waals surface area contributed by atoms with Crippen molar-refractivity contribution in [1.29, 1.82) is 5.26 Å². The third-order valence-corrected chi connectivity index (χ3v) is 6.19. The van der Waals surface area contributed by atoms with Crippen molar-refractivity contribution >= 4 is 17.3 Å². The Morgan fingerprint density at radius 3 is 2.75 bits per heavy atom. The molecule has 7 nitrogen and oxygen atoms in total. The van der Waals surface area contributed by atoms with Crippen molar-refractivity contribution in [2.24, 2.45) is 0 Å². The number of hydrogen-bond acceptors (Lipinski definition) is 8. The number of allylic oxidation sites excluding steroid dienone is 2. The first-order valence-corrected chi connectivity index (χ1v) is 11.7. The largest absolute Gasteiger partial charge is 0.459 e. The fourth-order valence-corrected chi connectivity index (χ4v) is 4.42. The van der Waals surface area contributed by atoms with Crippen LogP contribution in [0.4, 0.5) is 0 Å². The predicted molar refractivity (Wildman–Crippen MR) is 125 cm³/mol. The third-order valence-electron chi connectivity index (χ3n) is 5.24. The quantitative estimate of drug-likeness (QED) is 0.604. The second-order valence-electron chi connectivity index (χ2n) is 7.67. The summed E-state index contributed by atoms with van der Waals surface area (Å²) in [6.07, 6.45) is 3.63. The van der Waals surface area contributed by atoms with E-state index in [4.69, 9.17) is 9.47 Å². The summed E-state index contributed by atoms with van der Waals surface area (Å²) in [6, 6.07) is 12.7. The number of ether oxygens (including phenoxy) is 2. The van der Waals surface area contributed by atoms with Gasteiger partial charge in [0.15, 0.2) is 0 Å². The van der Waals surface area contributed by atoms with Gasteiger partial charge in [0.2, 0.25) is 0 Å². The average molecular weight is 450 g/mol. The molecule has 2 aliphatic heterocycles. The molecule has 1 aromatic carbocycles. The van der Waals surface area contributed by atoms with Gasteiger partial charge in [-0.05, 0) is 29.0 Å². The van der Waals surface area contributed by atoms with Crippen LogP contribution in [0.1, 0.15) is 36.6 Å². The Morgan fingerprint density at radius 2 is 2.00 bits per heavy atom. The van der Waals surface area contributed by atoms with Crippen LogP contribution in [0.25, 0.3) is 5.57 Å². The highest BCUT2D eigenvalue weighted by Gasteiger charge is 2.17. The second-order valence-corrected chi connectivity index (χ2v) is 8.55. The normalized spacial score (nSPS) is 17.9. The molecule has 3 heterocycles. The minimum atomic E-state index is 0.262. The lowest BCUT2D eigenvalue weighted by Crippen LogP contribution is -2.35. The maximum absolute atomic E-state index is 9.70. The van der Waals surface area contributed by atoms with E-state index in [0.29, 0.717) is 17.9 Å². The van der Waals surface area contributed by atoms with Crippen molar-refractivity contribution in [2.45, 2.75) is 32.9 Å². The van der Waals surface area contributed by atoms with Crippen LogP contribution in [0.15, 0.2) is 52.7 Å². The first-order chi connectivity index (χ1) is 15.7. The monoisotopic (exact) mass is 449 g/mol. The smallest absolute Gasteiger partial charge is 0.317 e. The van der Waals surface area contributed by atoms with Crippen LogP contribution in [0, 0.1) is 11.3 Å². The molecular weight excluding hydrogens is 422 g/mol. The molecule has 0 radical (unpaired) electrons. The van der Waals surface area contributed by atoms with Crippen LogP contribution in [0.3, 0.4) is 0 Å². The summed E-state index contributed by atoms with van der Waals surface area (Å²) in [4.78, 5) is 11.1. The molecule has 0 bridgehead atoms. The molecule has 8 heteroatoms. The molecule has 2 aromatic rings. The van der Waals surface area contributed by atoms with E-state index in [-0.39, 0.29) is 6.01 Å². The Balaban J connectivity index is 1.36. The van der Waals surface area contributed by atoms with Crippen LogP contribution in [0.5, 0.6) is 6.01 Å². The lowest BCUT2D eigenvalue weighted by molar-refractivity contribution is 0.0342. The maximum atomic E-state index is 9.70. The molecule has 1 aromatic heterocycles. The van der Waals surface area contributed by atoms with Gasteiger partial charge in [-0.15, -0.1) is 0 Å². The van der Waals surface area contributed by atoms with E-state index in [1.165, 1.54) is 17.3 Å². The SMILES string of the molecule is CCCC1=CS/C(=C(/C#N)c2ccnc(OCc3ccc(CN4CCOCC4)cc3)n2)N1. The van der Waals surface area contributed by atoms with Gasteiger partial charge in [0, 0.05) is 31.5 Å². The Morgan fingerprint density at radius 1 is 1.22 bits per heavy atom. The lowest BCUT2D eigenvalue weighted by atomic mass is 10.1. The van der Waals surface area contributed by atoms with Crippen molar-refractivity contribution in [1.82, 2.24) is 20.2 Å². The number of aromatic nitrogens is 2. The van der Waals surface area contributed by atoms with Gasteiger partial charge in [-0.3, -0.25) is 4.90 Å². The van der Waals surface area contributed by atoms with Crippen molar-refractivity contribution in [2.75, 3.05) is 26.3 Å². The summed E-state index contributed by atoms with van der Waals surface area (Å²) < 4.78 is 11.2. The van der Waals surface area contributed by atoms with Crippen molar-refractivity contribution in [3.8, 4) is 12.1 Å². The van der Waals surface area contributed by atoms with Gasteiger partial charge in [0.1, 0.15) is 18.2 Å². The van der Waals surface area contributed by atoms with E-state index in [9.17, 15) is 5.26 Å². The number of hydrogen-bond donors (Lipinski definition) is 1. The molecule has 1 saturated heterocycles. The standard InChI is InChI=1S/C24H27N5O2S/c1-2-3-20-17-32-23(27-20)21(14-25)22-8-9-26-24(28-22)31-16-19-6-4-18(5-7-19)15-29-10-12-30-13-11-29/h4-9,17,27H,2-3,10-13,15-16H2,1H3/b23-21-. The van der Waals surface area contributed by atoms with Gasteiger partial charge < -0.3 is 14.8 Å².